The third kappa shape index (κ3) is 2.69. The first-order chi connectivity index (χ1) is 12.1. The number of ether oxygens (including phenoxy) is 2. The van der Waals surface area contributed by atoms with Crippen LogP contribution < -0.4 is 14.4 Å². The monoisotopic (exact) mass is 337 g/mol. The Morgan fingerprint density at radius 2 is 2.00 bits per heavy atom. The van der Waals surface area contributed by atoms with Crippen LogP contribution in [0.5, 0.6) is 11.5 Å². The van der Waals surface area contributed by atoms with E-state index in [1.54, 1.807) is 18.3 Å². The second-order valence-corrected chi connectivity index (χ2v) is 5.83. The van der Waals surface area contributed by atoms with Crippen LogP contribution in [-0.4, -0.2) is 23.7 Å². The summed E-state index contributed by atoms with van der Waals surface area (Å²) >= 11 is 0. The number of anilines is 1. The van der Waals surface area contributed by atoms with Gasteiger partial charge in [-0.1, -0.05) is 6.07 Å². The van der Waals surface area contributed by atoms with E-state index in [9.17, 15) is 10.1 Å². The van der Waals surface area contributed by atoms with E-state index in [1.165, 1.54) is 12.3 Å². The molecule has 0 atom stereocenters. The van der Waals surface area contributed by atoms with E-state index >= 15 is 0 Å². The molecule has 0 saturated carbocycles. The number of hydrogen-bond donors (Lipinski definition) is 0. The van der Waals surface area contributed by atoms with Gasteiger partial charge in [-0.2, -0.15) is 0 Å². The third-order valence-electron chi connectivity index (χ3n) is 4.24. The van der Waals surface area contributed by atoms with Gasteiger partial charge in [-0.3, -0.25) is 15.1 Å². The molecule has 0 unspecified atom stereocenters. The molecule has 7 heteroatoms. The maximum Gasteiger partial charge on any atom is 0.278 e. The van der Waals surface area contributed by atoms with Crippen LogP contribution in [0.2, 0.25) is 0 Å². The molecule has 0 radical (unpaired) electrons. The SMILES string of the molecule is CN(Cc1ccc2c(c1)OCO2)c1ccc([N+](=O)[O-])c2cnccc12. The molecule has 1 aliphatic heterocycles. The van der Waals surface area contributed by atoms with Crippen LogP contribution in [0.25, 0.3) is 10.8 Å². The Balaban J connectivity index is 1.69. The molecule has 0 fully saturated rings. The molecule has 0 amide bonds. The molecular weight excluding hydrogens is 322 g/mol. The molecule has 3 aromatic rings. The molecule has 2 aromatic carbocycles. The molecule has 0 aliphatic carbocycles. The number of aromatic nitrogens is 1. The Labute approximate surface area is 143 Å². The van der Waals surface area contributed by atoms with Crippen LogP contribution in [0.15, 0.2) is 48.8 Å². The molecule has 126 valence electrons. The second-order valence-electron chi connectivity index (χ2n) is 5.83. The van der Waals surface area contributed by atoms with Crippen molar-refractivity contribution in [1.29, 1.82) is 0 Å². The Hall–Kier alpha value is -3.35. The van der Waals surface area contributed by atoms with E-state index in [1.807, 2.05) is 30.1 Å². The molecule has 0 N–H and O–H groups in total. The first kappa shape index (κ1) is 15.2. The van der Waals surface area contributed by atoms with Gasteiger partial charge in [-0.05, 0) is 29.8 Å². The topological polar surface area (TPSA) is 77.7 Å². The first-order valence-electron chi connectivity index (χ1n) is 7.74. The smallest absolute Gasteiger partial charge is 0.278 e. The lowest BCUT2D eigenvalue weighted by atomic mass is 10.1. The van der Waals surface area contributed by atoms with Gasteiger partial charge >= 0.3 is 0 Å². The zero-order valence-electron chi connectivity index (χ0n) is 13.5. The highest BCUT2D eigenvalue weighted by Gasteiger charge is 2.18. The average Bonchev–Trinajstić information content (AvgIpc) is 3.08. The summed E-state index contributed by atoms with van der Waals surface area (Å²) in [4.78, 5) is 16.9. The Bertz CT molecular complexity index is 974. The van der Waals surface area contributed by atoms with Gasteiger partial charge in [0.1, 0.15) is 0 Å². The molecular formula is C18H15N3O4. The quantitative estimate of drug-likeness (QED) is 0.535. The van der Waals surface area contributed by atoms with Gasteiger partial charge in [0, 0.05) is 43.1 Å². The largest absolute Gasteiger partial charge is 0.454 e. The summed E-state index contributed by atoms with van der Waals surface area (Å²) in [7, 11) is 1.95. The van der Waals surface area contributed by atoms with Gasteiger partial charge in [0.05, 0.1) is 10.3 Å². The molecule has 7 nitrogen and oxygen atoms in total. The number of nitrogens with zero attached hydrogens (tertiary/aromatic N) is 3. The number of fused-ring (bicyclic) bond motifs is 2. The molecule has 0 saturated heterocycles. The lowest BCUT2D eigenvalue weighted by Crippen LogP contribution is -2.16. The van der Waals surface area contributed by atoms with Crippen molar-refractivity contribution in [3.8, 4) is 11.5 Å². The fourth-order valence-electron chi connectivity index (χ4n) is 3.05. The van der Waals surface area contributed by atoms with Crippen LogP contribution in [0.1, 0.15) is 5.56 Å². The fraction of sp³-hybridized carbons (Fsp3) is 0.167. The van der Waals surface area contributed by atoms with Crippen molar-refractivity contribution in [3.05, 3.63) is 64.5 Å². The summed E-state index contributed by atoms with van der Waals surface area (Å²) in [5.74, 6) is 1.49. The minimum atomic E-state index is -0.383. The zero-order valence-corrected chi connectivity index (χ0v) is 13.5. The van der Waals surface area contributed by atoms with Crippen LogP contribution in [0.3, 0.4) is 0 Å². The van der Waals surface area contributed by atoms with Gasteiger partial charge in [0.2, 0.25) is 6.79 Å². The van der Waals surface area contributed by atoms with Gasteiger partial charge in [0.15, 0.2) is 11.5 Å². The van der Waals surface area contributed by atoms with Crippen LogP contribution in [0, 0.1) is 10.1 Å². The maximum absolute atomic E-state index is 11.2. The number of benzene rings is 2. The van der Waals surface area contributed by atoms with E-state index in [2.05, 4.69) is 4.98 Å². The van der Waals surface area contributed by atoms with E-state index in [4.69, 9.17) is 9.47 Å². The predicted molar refractivity (Wildman–Crippen MR) is 93.1 cm³/mol. The zero-order chi connectivity index (χ0) is 17.4. The normalized spacial score (nSPS) is 12.4. The van der Waals surface area contributed by atoms with Gasteiger partial charge in [-0.15, -0.1) is 0 Å². The fourth-order valence-corrected chi connectivity index (χ4v) is 3.05. The maximum atomic E-state index is 11.2. The van der Waals surface area contributed by atoms with Gasteiger partial charge in [0.25, 0.3) is 5.69 Å². The molecule has 1 aromatic heterocycles. The van der Waals surface area contributed by atoms with Gasteiger partial charge in [-0.25, -0.2) is 0 Å². The van der Waals surface area contributed by atoms with Crippen molar-refractivity contribution >= 4 is 22.1 Å². The number of hydrogen-bond acceptors (Lipinski definition) is 6. The summed E-state index contributed by atoms with van der Waals surface area (Å²) in [6.45, 7) is 0.875. The van der Waals surface area contributed by atoms with E-state index in [0.29, 0.717) is 11.9 Å². The van der Waals surface area contributed by atoms with Gasteiger partial charge < -0.3 is 14.4 Å². The molecule has 25 heavy (non-hydrogen) atoms. The highest BCUT2D eigenvalue weighted by Crippen LogP contribution is 2.35. The van der Waals surface area contributed by atoms with Crippen LogP contribution in [-0.2, 0) is 6.54 Å². The van der Waals surface area contributed by atoms with Crippen molar-refractivity contribution in [1.82, 2.24) is 4.98 Å². The van der Waals surface area contributed by atoms with E-state index < -0.39 is 0 Å². The van der Waals surface area contributed by atoms with E-state index in [-0.39, 0.29) is 17.4 Å². The number of nitro groups is 1. The Morgan fingerprint density at radius 3 is 2.84 bits per heavy atom. The first-order valence-corrected chi connectivity index (χ1v) is 7.74. The third-order valence-corrected chi connectivity index (χ3v) is 4.24. The minimum absolute atomic E-state index is 0.0586. The van der Waals surface area contributed by atoms with E-state index in [0.717, 1.165) is 28.1 Å². The molecule has 0 spiro atoms. The minimum Gasteiger partial charge on any atom is -0.454 e. The summed E-state index contributed by atoms with van der Waals surface area (Å²) in [6.07, 6.45) is 3.18. The summed E-state index contributed by atoms with van der Waals surface area (Å²) < 4.78 is 10.7. The number of non-ortho nitro benzene ring substituents is 1. The molecule has 4 rings (SSSR count). The second kappa shape index (κ2) is 5.94. The Kier molecular flexibility index (Phi) is 3.61. The summed E-state index contributed by atoms with van der Waals surface area (Å²) in [6, 6.07) is 10.9. The van der Waals surface area contributed by atoms with Crippen molar-refractivity contribution in [2.75, 3.05) is 18.7 Å². The standard InChI is InChI=1S/C18H15N3O4/c1-20(10-12-2-5-17-18(8-12)25-11-24-17)15-3-4-16(21(22)23)14-9-19-7-6-13(14)15/h2-9H,10-11H2,1H3. The number of rotatable bonds is 4. The van der Waals surface area contributed by atoms with Crippen molar-refractivity contribution in [2.45, 2.75) is 6.54 Å². The summed E-state index contributed by atoms with van der Waals surface area (Å²) in [5.41, 5.74) is 2.02. The summed E-state index contributed by atoms with van der Waals surface area (Å²) in [5, 5.41) is 12.6. The molecule has 0 bridgehead atoms. The lowest BCUT2D eigenvalue weighted by molar-refractivity contribution is -0.383. The number of nitro benzene ring substituents is 1. The van der Waals surface area contributed by atoms with Crippen LogP contribution >= 0.6 is 0 Å². The predicted octanol–water partition coefficient (Wildman–Crippen LogP) is 3.51. The lowest BCUT2D eigenvalue weighted by Gasteiger charge is -2.21. The molecule has 2 heterocycles. The highest BCUT2D eigenvalue weighted by molar-refractivity contribution is 5.99. The van der Waals surface area contributed by atoms with Crippen molar-refractivity contribution in [2.24, 2.45) is 0 Å². The average molecular weight is 337 g/mol. The van der Waals surface area contributed by atoms with Crippen molar-refractivity contribution in [3.63, 3.8) is 0 Å². The van der Waals surface area contributed by atoms with Crippen molar-refractivity contribution < 1.29 is 14.4 Å². The van der Waals surface area contributed by atoms with Crippen LogP contribution in [0.4, 0.5) is 11.4 Å². The molecule has 1 aliphatic rings. The number of pyridine rings is 1. The highest BCUT2D eigenvalue weighted by atomic mass is 16.7. The Morgan fingerprint density at radius 1 is 1.16 bits per heavy atom.